The summed E-state index contributed by atoms with van der Waals surface area (Å²) in [5.41, 5.74) is -0.509. The van der Waals surface area contributed by atoms with Gasteiger partial charge in [0.2, 0.25) is 0 Å². The number of piperidine rings is 1. The highest BCUT2D eigenvalue weighted by Gasteiger charge is 2.46. The fourth-order valence-corrected chi connectivity index (χ4v) is 2.69. The van der Waals surface area contributed by atoms with Gasteiger partial charge in [-0.05, 0) is 33.5 Å². The van der Waals surface area contributed by atoms with E-state index in [4.69, 9.17) is 4.74 Å². The Balaban J connectivity index is 2.76. The molecule has 0 amide bonds. The molecule has 0 aliphatic carbocycles. The van der Waals surface area contributed by atoms with Crippen LogP contribution in [-0.2, 0) is 9.53 Å². The SMILES string of the molecule is CCC1CNCCC1(NCCN(C)C)C(=O)OC. The molecule has 1 heterocycles. The Hall–Kier alpha value is -0.650. The first kappa shape index (κ1) is 15.4. The van der Waals surface area contributed by atoms with Crippen molar-refractivity contribution in [1.82, 2.24) is 15.5 Å². The van der Waals surface area contributed by atoms with Crippen molar-refractivity contribution in [3.63, 3.8) is 0 Å². The van der Waals surface area contributed by atoms with E-state index >= 15 is 0 Å². The molecule has 5 nitrogen and oxygen atoms in total. The molecule has 2 atom stereocenters. The Morgan fingerprint density at radius 3 is 2.83 bits per heavy atom. The van der Waals surface area contributed by atoms with Crippen molar-refractivity contribution in [1.29, 1.82) is 0 Å². The van der Waals surface area contributed by atoms with Gasteiger partial charge >= 0.3 is 5.97 Å². The maximum absolute atomic E-state index is 12.2. The maximum atomic E-state index is 12.2. The second kappa shape index (κ2) is 7.07. The first-order valence-electron chi connectivity index (χ1n) is 6.75. The van der Waals surface area contributed by atoms with E-state index in [-0.39, 0.29) is 5.97 Å². The number of nitrogens with one attached hydrogen (secondary N) is 2. The van der Waals surface area contributed by atoms with Crippen molar-refractivity contribution in [2.24, 2.45) is 5.92 Å². The fraction of sp³-hybridized carbons (Fsp3) is 0.923. The van der Waals surface area contributed by atoms with Gasteiger partial charge in [-0.3, -0.25) is 4.79 Å². The third-order valence-corrected chi connectivity index (χ3v) is 3.83. The Morgan fingerprint density at radius 1 is 1.56 bits per heavy atom. The van der Waals surface area contributed by atoms with Crippen LogP contribution in [0.1, 0.15) is 19.8 Å². The number of hydrogen-bond acceptors (Lipinski definition) is 5. The lowest BCUT2D eigenvalue weighted by molar-refractivity contribution is -0.152. The molecule has 0 bridgehead atoms. The summed E-state index contributed by atoms with van der Waals surface area (Å²) in [7, 11) is 5.55. The summed E-state index contributed by atoms with van der Waals surface area (Å²) in [6.07, 6.45) is 1.77. The summed E-state index contributed by atoms with van der Waals surface area (Å²) in [6.45, 7) is 5.59. The largest absolute Gasteiger partial charge is 0.468 e. The van der Waals surface area contributed by atoms with Crippen LogP contribution in [0, 0.1) is 5.92 Å². The van der Waals surface area contributed by atoms with Crippen molar-refractivity contribution in [3.05, 3.63) is 0 Å². The second-order valence-corrected chi connectivity index (χ2v) is 5.25. The smallest absolute Gasteiger partial charge is 0.326 e. The summed E-state index contributed by atoms with van der Waals surface area (Å²) in [5, 5.41) is 6.82. The van der Waals surface area contributed by atoms with Gasteiger partial charge in [0.25, 0.3) is 0 Å². The lowest BCUT2D eigenvalue weighted by atomic mass is 9.76. The van der Waals surface area contributed by atoms with Gasteiger partial charge in [-0.25, -0.2) is 0 Å². The number of carbonyl (C=O) groups excluding carboxylic acids is 1. The Labute approximate surface area is 110 Å². The summed E-state index contributed by atoms with van der Waals surface area (Å²) < 4.78 is 5.04. The first-order chi connectivity index (χ1) is 8.56. The third kappa shape index (κ3) is 3.43. The highest BCUT2D eigenvalue weighted by Crippen LogP contribution is 2.28. The van der Waals surface area contributed by atoms with Crippen LogP contribution >= 0.6 is 0 Å². The highest BCUT2D eigenvalue weighted by molar-refractivity contribution is 5.81. The van der Waals surface area contributed by atoms with Crippen molar-refractivity contribution < 1.29 is 9.53 Å². The van der Waals surface area contributed by atoms with Crippen molar-refractivity contribution in [2.75, 3.05) is 47.4 Å². The molecule has 1 saturated heterocycles. The number of rotatable bonds is 6. The van der Waals surface area contributed by atoms with Crippen LogP contribution in [0.15, 0.2) is 0 Å². The zero-order chi connectivity index (χ0) is 13.6. The summed E-state index contributed by atoms with van der Waals surface area (Å²) in [5.74, 6) is 0.176. The fourth-order valence-electron chi connectivity index (χ4n) is 2.69. The molecule has 0 radical (unpaired) electrons. The van der Waals surface area contributed by atoms with Crippen molar-refractivity contribution in [2.45, 2.75) is 25.3 Å². The molecule has 1 rings (SSSR count). The summed E-state index contributed by atoms with van der Waals surface area (Å²) >= 11 is 0. The van der Waals surface area contributed by atoms with Crippen molar-refractivity contribution >= 4 is 5.97 Å². The Kier molecular flexibility index (Phi) is 6.05. The molecule has 1 aliphatic rings. The predicted octanol–water partition coefficient (Wildman–Crippen LogP) is 0.0689. The normalized spacial score (nSPS) is 28.4. The molecule has 1 aliphatic heterocycles. The molecule has 0 aromatic rings. The summed E-state index contributed by atoms with van der Waals surface area (Å²) in [6, 6.07) is 0. The molecular formula is C13H27N3O2. The predicted molar refractivity (Wildman–Crippen MR) is 72.6 cm³/mol. The van der Waals surface area contributed by atoms with Gasteiger partial charge in [0.05, 0.1) is 7.11 Å². The molecule has 2 N–H and O–H groups in total. The van der Waals surface area contributed by atoms with E-state index in [1.807, 2.05) is 14.1 Å². The number of carbonyl (C=O) groups is 1. The monoisotopic (exact) mass is 257 g/mol. The molecule has 0 aromatic carbocycles. The Morgan fingerprint density at radius 2 is 2.28 bits per heavy atom. The van der Waals surface area contributed by atoms with Crippen LogP contribution in [0.5, 0.6) is 0 Å². The van der Waals surface area contributed by atoms with Crippen molar-refractivity contribution in [3.8, 4) is 0 Å². The topological polar surface area (TPSA) is 53.6 Å². The minimum atomic E-state index is -0.509. The molecule has 0 saturated carbocycles. The average molecular weight is 257 g/mol. The summed E-state index contributed by atoms with van der Waals surface area (Å²) in [4.78, 5) is 14.3. The zero-order valence-corrected chi connectivity index (χ0v) is 12.1. The van der Waals surface area contributed by atoms with Gasteiger partial charge in [0, 0.05) is 25.6 Å². The van der Waals surface area contributed by atoms with Crippen LogP contribution in [0.2, 0.25) is 0 Å². The minimum absolute atomic E-state index is 0.116. The van der Waals surface area contributed by atoms with E-state index in [2.05, 4.69) is 22.5 Å². The third-order valence-electron chi connectivity index (χ3n) is 3.83. The van der Waals surface area contributed by atoms with Gasteiger partial charge in [-0.2, -0.15) is 0 Å². The first-order valence-corrected chi connectivity index (χ1v) is 6.75. The zero-order valence-electron chi connectivity index (χ0n) is 12.1. The lowest BCUT2D eigenvalue weighted by Gasteiger charge is -2.42. The van der Waals surface area contributed by atoms with Gasteiger partial charge < -0.3 is 20.3 Å². The minimum Gasteiger partial charge on any atom is -0.468 e. The number of ether oxygens (including phenoxy) is 1. The standard InChI is InChI=1S/C13H27N3O2/c1-5-11-10-14-7-6-13(11,12(17)18-4)15-8-9-16(2)3/h11,14-15H,5-10H2,1-4H3. The molecule has 2 unspecified atom stereocenters. The molecule has 106 valence electrons. The van der Waals surface area contributed by atoms with Crippen LogP contribution in [0.3, 0.4) is 0 Å². The highest BCUT2D eigenvalue weighted by atomic mass is 16.5. The van der Waals surface area contributed by atoms with E-state index in [0.717, 1.165) is 39.0 Å². The molecular weight excluding hydrogens is 230 g/mol. The van der Waals surface area contributed by atoms with E-state index < -0.39 is 5.54 Å². The molecule has 1 fully saturated rings. The molecule has 18 heavy (non-hydrogen) atoms. The van der Waals surface area contributed by atoms with Gasteiger partial charge in [0.1, 0.15) is 5.54 Å². The maximum Gasteiger partial charge on any atom is 0.326 e. The lowest BCUT2D eigenvalue weighted by Crippen LogP contribution is -2.64. The molecule has 0 spiro atoms. The van der Waals surface area contributed by atoms with E-state index in [1.165, 1.54) is 7.11 Å². The van der Waals surface area contributed by atoms with Crippen LogP contribution in [0.4, 0.5) is 0 Å². The Bertz CT molecular complexity index is 271. The number of methoxy groups -OCH3 is 1. The van der Waals surface area contributed by atoms with E-state index in [0.29, 0.717) is 5.92 Å². The van der Waals surface area contributed by atoms with E-state index in [9.17, 15) is 4.79 Å². The van der Waals surface area contributed by atoms with E-state index in [1.54, 1.807) is 0 Å². The number of esters is 1. The number of nitrogens with zero attached hydrogens (tertiary/aromatic N) is 1. The van der Waals surface area contributed by atoms with Crippen LogP contribution in [-0.4, -0.2) is 63.8 Å². The molecule has 0 aromatic heterocycles. The van der Waals surface area contributed by atoms with Gasteiger partial charge in [-0.15, -0.1) is 0 Å². The average Bonchev–Trinajstić information content (AvgIpc) is 2.37. The van der Waals surface area contributed by atoms with Crippen LogP contribution < -0.4 is 10.6 Å². The number of likely N-dealkylation sites (N-methyl/N-ethyl adjacent to an activating group) is 1. The van der Waals surface area contributed by atoms with Gasteiger partial charge in [0.15, 0.2) is 0 Å². The second-order valence-electron chi connectivity index (χ2n) is 5.25. The molecule has 5 heteroatoms. The van der Waals surface area contributed by atoms with Gasteiger partial charge in [-0.1, -0.05) is 6.92 Å². The quantitative estimate of drug-likeness (QED) is 0.660. The van der Waals surface area contributed by atoms with Crippen LogP contribution in [0.25, 0.3) is 0 Å². The number of hydrogen-bond donors (Lipinski definition) is 2.